The molecule has 0 atom stereocenters. The van der Waals surface area contributed by atoms with Gasteiger partial charge in [0.2, 0.25) is 0 Å². The number of hydrogen-bond donors (Lipinski definition) is 1. The third-order valence-corrected chi connectivity index (χ3v) is 8.55. The number of ether oxygens (including phenoxy) is 2. The first kappa shape index (κ1) is 25.9. The SMILES string of the molecule is CCOC(=O)c1c(CSCc2cccc(Cl)c2)n(C2CC2)c2cc(Br)c(O)c(CN3CCOCC3)c12. The first-order valence-corrected chi connectivity index (χ1v) is 14.7. The highest BCUT2D eigenvalue weighted by Crippen LogP contribution is 2.47. The van der Waals surface area contributed by atoms with E-state index < -0.39 is 0 Å². The summed E-state index contributed by atoms with van der Waals surface area (Å²) in [5, 5.41) is 12.7. The number of esters is 1. The number of carbonyl (C=O) groups is 1. The second-order valence-corrected chi connectivity index (χ2v) is 11.5. The molecule has 1 aliphatic carbocycles. The number of benzene rings is 2. The lowest BCUT2D eigenvalue weighted by atomic mass is 10.0. The largest absolute Gasteiger partial charge is 0.506 e. The predicted molar refractivity (Wildman–Crippen MR) is 148 cm³/mol. The third kappa shape index (κ3) is 5.43. The van der Waals surface area contributed by atoms with Crippen molar-refractivity contribution in [1.29, 1.82) is 0 Å². The Balaban J connectivity index is 1.61. The maximum atomic E-state index is 13.5. The molecule has 1 saturated carbocycles. The van der Waals surface area contributed by atoms with Gasteiger partial charge in [-0.25, -0.2) is 4.79 Å². The molecule has 0 unspecified atom stereocenters. The highest BCUT2D eigenvalue weighted by atomic mass is 79.9. The Labute approximate surface area is 229 Å². The van der Waals surface area contributed by atoms with Crippen molar-refractivity contribution in [2.45, 2.75) is 43.9 Å². The molecule has 0 spiro atoms. The van der Waals surface area contributed by atoms with E-state index in [2.05, 4.69) is 31.5 Å². The number of rotatable bonds is 9. The molecule has 192 valence electrons. The minimum atomic E-state index is -0.329. The van der Waals surface area contributed by atoms with Gasteiger partial charge in [-0.1, -0.05) is 23.7 Å². The molecular weight excluding hydrogens is 564 g/mol. The van der Waals surface area contributed by atoms with E-state index in [1.54, 1.807) is 11.8 Å². The van der Waals surface area contributed by atoms with Crippen LogP contribution in [0.2, 0.25) is 5.02 Å². The first-order valence-electron chi connectivity index (χ1n) is 12.3. The number of nitrogens with zero attached hydrogens (tertiary/aromatic N) is 2. The number of phenolic OH excluding ortho intramolecular Hbond substituents is 1. The van der Waals surface area contributed by atoms with Gasteiger partial charge in [-0.15, -0.1) is 0 Å². The summed E-state index contributed by atoms with van der Waals surface area (Å²) in [6.07, 6.45) is 2.16. The maximum absolute atomic E-state index is 13.5. The van der Waals surface area contributed by atoms with E-state index in [1.807, 2.05) is 31.2 Å². The van der Waals surface area contributed by atoms with E-state index in [0.717, 1.165) is 64.4 Å². The van der Waals surface area contributed by atoms with Crippen LogP contribution in [0.4, 0.5) is 0 Å². The Morgan fingerprint density at radius 2 is 2.03 bits per heavy atom. The van der Waals surface area contributed by atoms with Crippen molar-refractivity contribution in [1.82, 2.24) is 9.47 Å². The Hall–Kier alpha value is -1.71. The van der Waals surface area contributed by atoms with Gasteiger partial charge < -0.3 is 19.1 Å². The van der Waals surface area contributed by atoms with Crippen LogP contribution in [0, 0.1) is 0 Å². The lowest BCUT2D eigenvalue weighted by Gasteiger charge is -2.27. The molecule has 0 amide bonds. The lowest BCUT2D eigenvalue weighted by molar-refractivity contribution is 0.0340. The summed E-state index contributed by atoms with van der Waals surface area (Å²) in [5.41, 5.74) is 4.45. The monoisotopic (exact) mass is 592 g/mol. The molecule has 36 heavy (non-hydrogen) atoms. The first-order chi connectivity index (χ1) is 17.5. The summed E-state index contributed by atoms with van der Waals surface area (Å²) in [6.45, 7) is 5.57. The number of aromatic hydroxyl groups is 1. The zero-order valence-corrected chi connectivity index (χ0v) is 23.4. The van der Waals surface area contributed by atoms with E-state index >= 15 is 0 Å². The number of halogens is 2. The van der Waals surface area contributed by atoms with Crippen LogP contribution in [0.15, 0.2) is 34.8 Å². The van der Waals surface area contributed by atoms with Crippen molar-refractivity contribution >= 4 is 56.2 Å². The van der Waals surface area contributed by atoms with Crippen molar-refractivity contribution in [3.8, 4) is 5.75 Å². The van der Waals surface area contributed by atoms with Crippen LogP contribution in [0.25, 0.3) is 10.9 Å². The molecule has 5 rings (SSSR count). The van der Waals surface area contributed by atoms with Crippen molar-refractivity contribution in [3.63, 3.8) is 0 Å². The van der Waals surface area contributed by atoms with E-state index in [9.17, 15) is 9.90 Å². The van der Waals surface area contributed by atoms with Crippen molar-refractivity contribution in [2.75, 3.05) is 32.9 Å². The molecule has 2 fully saturated rings. The molecule has 1 aliphatic heterocycles. The lowest BCUT2D eigenvalue weighted by Crippen LogP contribution is -2.35. The summed E-state index contributed by atoms with van der Waals surface area (Å²) in [4.78, 5) is 15.7. The molecule has 1 N–H and O–H groups in total. The normalized spacial score (nSPS) is 16.5. The molecule has 6 nitrogen and oxygen atoms in total. The Kier molecular flexibility index (Phi) is 8.17. The molecule has 1 saturated heterocycles. The fraction of sp³-hybridized carbons (Fsp3) is 0.444. The smallest absolute Gasteiger partial charge is 0.340 e. The zero-order valence-electron chi connectivity index (χ0n) is 20.3. The summed E-state index contributed by atoms with van der Waals surface area (Å²) in [7, 11) is 0. The summed E-state index contributed by atoms with van der Waals surface area (Å²) in [6, 6.07) is 10.2. The fourth-order valence-corrected chi connectivity index (χ4v) is 6.56. The molecule has 2 heterocycles. The standard InChI is InChI=1S/C27H30BrClN2O4S/c1-2-35-27(33)25-23(16-36-15-17-4-3-5-18(29)12-17)31(19-6-7-19)22-13-21(28)26(32)20(24(22)25)14-30-8-10-34-11-9-30/h3-5,12-13,19,32H,2,6-11,14-16H2,1H3. The van der Waals surface area contributed by atoms with Gasteiger partial charge in [0.05, 0.1) is 35.4 Å². The highest BCUT2D eigenvalue weighted by Gasteiger charge is 2.34. The van der Waals surface area contributed by atoms with Gasteiger partial charge in [-0.2, -0.15) is 11.8 Å². The number of phenols is 1. The average molecular weight is 594 g/mol. The van der Waals surface area contributed by atoms with Crippen LogP contribution in [-0.2, 0) is 27.5 Å². The Bertz CT molecular complexity index is 1270. The molecule has 1 aromatic heterocycles. The Morgan fingerprint density at radius 1 is 1.25 bits per heavy atom. The molecule has 3 aromatic rings. The number of thioether (sulfide) groups is 1. The van der Waals surface area contributed by atoms with Crippen molar-refractivity contribution in [2.24, 2.45) is 0 Å². The van der Waals surface area contributed by atoms with Crippen LogP contribution in [0.5, 0.6) is 5.75 Å². The van der Waals surface area contributed by atoms with Gasteiger partial charge in [0.25, 0.3) is 0 Å². The summed E-state index contributed by atoms with van der Waals surface area (Å²) in [5.74, 6) is 1.29. The zero-order chi connectivity index (χ0) is 25.2. The van der Waals surface area contributed by atoms with Crippen LogP contribution in [0.3, 0.4) is 0 Å². The van der Waals surface area contributed by atoms with Gasteiger partial charge >= 0.3 is 5.97 Å². The van der Waals surface area contributed by atoms with E-state index in [4.69, 9.17) is 21.1 Å². The number of aromatic nitrogens is 1. The van der Waals surface area contributed by atoms with E-state index in [0.29, 0.717) is 48.2 Å². The summed E-state index contributed by atoms with van der Waals surface area (Å²) < 4.78 is 14.1. The van der Waals surface area contributed by atoms with Gasteiger partial charge in [-0.05, 0) is 59.5 Å². The number of morpholine rings is 1. The van der Waals surface area contributed by atoms with Crippen LogP contribution >= 0.6 is 39.3 Å². The molecule has 2 aliphatic rings. The van der Waals surface area contributed by atoms with Crippen LogP contribution < -0.4 is 0 Å². The van der Waals surface area contributed by atoms with E-state index in [1.165, 1.54) is 0 Å². The Morgan fingerprint density at radius 3 is 2.72 bits per heavy atom. The highest BCUT2D eigenvalue weighted by molar-refractivity contribution is 9.10. The number of carbonyl (C=O) groups excluding carboxylic acids is 1. The molecule has 2 aromatic carbocycles. The quantitative estimate of drug-likeness (QED) is 0.284. The van der Waals surface area contributed by atoms with Crippen molar-refractivity contribution in [3.05, 3.63) is 62.2 Å². The average Bonchev–Trinajstić information content (AvgIpc) is 3.65. The molecule has 9 heteroatoms. The second kappa shape index (κ2) is 11.4. The number of fused-ring (bicyclic) bond motifs is 1. The van der Waals surface area contributed by atoms with Gasteiger partial charge in [0.1, 0.15) is 5.75 Å². The van der Waals surface area contributed by atoms with Crippen LogP contribution in [-0.4, -0.2) is 53.5 Å². The van der Waals surface area contributed by atoms with Crippen LogP contribution in [0.1, 0.15) is 53.0 Å². The molecular formula is C27H30BrClN2O4S. The predicted octanol–water partition coefficient (Wildman–Crippen LogP) is 6.54. The fourth-order valence-electron chi connectivity index (χ4n) is 4.90. The van der Waals surface area contributed by atoms with Gasteiger partial charge in [0.15, 0.2) is 0 Å². The molecule has 0 radical (unpaired) electrons. The van der Waals surface area contributed by atoms with E-state index in [-0.39, 0.29) is 11.7 Å². The minimum absolute atomic E-state index is 0.186. The topological polar surface area (TPSA) is 63.9 Å². The third-order valence-electron chi connectivity index (χ3n) is 6.70. The molecule has 0 bridgehead atoms. The number of hydrogen-bond acceptors (Lipinski definition) is 6. The maximum Gasteiger partial charge on any atom is 0.340 e. The van der Waals surface area contributed by atoms with Gasteiger partial charge in [-0.3, -0.25) is 4.90 Å². The van der Waals surface area contributed by atoms with Gasteiger partial charge in [0, 0.05) is 58.8 Å². The van der Waals surface area contributed by atoms with Crippen molar-refractivity contribution < 1.29 is 19.4 Å². The summed E-state index contributed by atoms with van der Waals surface area (Å²) >= 11 is 11.5. The minimum Gasteiger partial charge on any atom is -0.506 e. The second-order valence-electron chi connectivity index (χ2n) is 9.23.